The third-order valence-electron chi connectivity index (χ3n) is 6.96. The first-order valence-corrected chi connectivity index (χ1v) is 15.3. The van der Waals surface area contributed by atoms with Crippen molar-refractivity contribution < 1.29 is 9.53 Å². The molecule has 1 aliphatic rings. The zero-order chi connectivity index (χ0) is 26.5. The lowest BCUT2D eigenvalue weighted by Crippen LogP contribution is -2.34. The third-order valence-corrected chi connectivity index (χ3v) is 8.98. The number of aromatic nitrogens is 2. The maximum absolute atomic E-state index is 14.1. The van der Waals surface area contributed by atoms with E-state index in [-0.39, 0.29) is 23.3 Å². The zero-order valence-corrected chi connectivity index (χ0v) is 24.3. The maximum Gasteiger partial charge on any atom is 0.267 e. The topological polar surface area (TPSA) is 64.4 Å². The van der Waals surface area contributed by atoms with E-state index in [0.717, 1.165) is 71.7 Å². The fourth-order valence-electron chi connectivity index (χ4n) is 4.70. The smallest absolute Gasteiger partial charge is 0.267 e. The van der Waals surface area contributed by atoms with Gasteiger partial charge in [0, 0.05) is 24.4 Å². The minimum absolute atomic E-state index is 0.0544. The van der Waals surface area contributed by atoms with Gasteiger partial charge in [-0.05, 0) is 48.9 Å². The van der Waals surface area contributed by atoms with Crippen LogP contribution in [0.2, 0.25) is 0 Å². The Labute approximate surface area is 228 Å². The van der Waals surface area contributed by atoms with Gasteiger partial charge in [0.25, 0.3) is 5.56 Å². The second-order valence-corrected chi connectivity index (χ2v) is 12.3. The van der Waals surface area contributed by atoms with Crippen LogP contribution in [0.3, 0.4) is 0 Å². The lowest BCUT2D eigenvalue weighted by molar-refractivity contribution is -0.128. The minimum Gasteiger partial charge on any atom is -0.372 e. The SMILES string of the molecule is CCCCN(CCCC)C(=O)CSc1nc2sc3c(c2c(=O)n1-c1cccc(C)c1)C[C@@H](C(C)C)OC3. The van der Waals surface area contributed by atoms with Crippen molar-refractivity contribution in [1.29, 1.82) is 0 Å². The lowest BCUT2D eigenvalue weighted by Gasteiger charge is -2.26. The van der Waals surface area contributed by atoms with Gasteiger partial charge < -0.3 is 9.64 Å². The second-order valence-electron chi connectivity index (χ2n) is 10.2. The fraction of sp³-hybridized carbons (Fsp3) is 0.552. The zero-order valence-electron chi connectivity index (χ0n) is 22.7. The Kier molecular flexibility index (Phi) is 9.48. The average Bonchev–Trinajstić information content (AvgIpc) is 3.25. The molecule has 8 heteroatoms. The number of unbranched alkanes of at least 4 members (excludes halogenated alkanes) is 2. The number of carbonyl (C=O) groups is 1. The van der Waals surface area contributed by atoms with E-state index in [9.17, 15) is 9.59 Å². The predicted octanol–water partition coefficient (Wildman–Crippen LogP) is 6.37. The van der Waals surface area contributed by atoms with Gasteiger partial charge in [-0.3, -0.25) is 14.2 Å². The van der Waals surface area contributed by atoms with Crippen molar-refractivity contribution in [2.45, 2.75) is 84.6 Å². The molecule has 0 saturated heterocycles. The third kappa shape index (κ3) is 6.29. The number of carbonyl (C=O) groups excluding carboxylic acids is 1. The Morgan fingerprint density at radius 1 is 1.24 bits per heavy atom. The molecule has 0 fully saturated rings. The molecule has 2 aromatic heterocycles. The molecule has 0 spiro atoms. The molecule has 37 heavy (non-hydrogen) atoms. The summed E-state index contributed by atoms with van der Waals surface area (Å²) >= 11 is 2.92. The van der Waals surface area contributed by atoms with Crippen LogP contribution >= 0.6 is 23.1 Å². The van der Waals surface area contributed by atoms with Gasteiger partial charge in [0.15, 0.2) is 5.16 Å². The van der Waals surface area contributed by atoms with E-state index >= 15 is 0 Å². The Balaban J connectivity index is 1.74. The van der Waals surface area contributed by atoms with E-state index < -0.39 is 0 Å². The summed E-state index contributed by atoms with van der Waals surface area (Å²) in [5.41, 5.74) is 2.89. The van der Waals surface area contributed by atoms with Gasteiger partial charge >= 0.3 is 0 Å². The predicted molar refractivity (Wildman–Crippen MR) is 154 cm³/mol. The highest BCUT2D eigenvalue weighted by molar-refractivity contribution is 7.99. The van der Waals surface area contributed by atoms with Crippen LogP contribution in [0.1, 0.15) is 69.4 Å². The maximum atomic E-state index is 14.1. The van der Waals surface area contributed by atoms with Gasteiger partial charge in [-0.15, -0.1) is 11.3 Å². The first-order valence-electron chi connectivity index (χ1n) is 13.5. The van der Waals surface area contributed by atoms with Gasteiger partial charge in [0.2, 0.25) is 5.91 Å². The van der Waals surface area contributed by atoms with Crippen LogP contribution in [0.25, 0.3) is 15.9 Å². The molecule has 1 amide bonds. The standard InChI is InChI=1S/C29H39N3O3S2/c1-6-8-13-31(14-9-7-2)25(33)18-36-29-30-27-26(22-16-23(19(3)4)35-17-24(22)37-27)28(34)32(29)21-12-10-11-20(5)15-21/h10-12,15,19,23H,6-9,13-14,16-18H2,1-5H3/t23-/m0/s1. The first kappa shape index (κ1) is 27.9. The fourth-order valence-corrected chi connectivity index (χ4v) is 6.78. The molecule has 0 aliphatic carbocycles. The lowest BCUT2D eigenvalue weighted by atomic mass is 9.96. The number of hydrogen-bond acceptors (Lipinski definition) is 6. The number of nitrogens with zero attached hydrogens (tertiary/aromatic N) is 3. The number of thioether (sulfide) groups is 1. The van der Waals surface area contributed by atoms with Gasteiger partial charge in [-0.25, -0.2) is 4.98 Å². The van der Waals surface area contributed by atoms with Crippen molar-refractivity contribution in [2.75, 3.05) is 18.8 Å². The molecule has 0 radical (unpaired) electrons. The molecule has 6 nitrogen and oxygen atoms in total. The molecule has 1 aromatic carbocycles. The molecule has 0 bridgehead atoms. The molecule has 3 heterocycles. The molecule has 0 N–H and O–H groups in total. The van der Waals surface area contributed by atoms with Crippen LogP contribution < -0.4 is 5.56 Å². The monoisotopic (exact) mass is 541 g/mol. The molecular formula is C29H39N3O3S2. The molecule has 0 saturated carbocycles. The van der Waals surface area contributed by atoms with Crippen molar-refractivity contribution in [3.8, 4) is 5.69 Å². The van der Waals surface area contributed by atoms with Crippen LogP contribution in [0, 0.1) is 12.8 Å². The number of benzene rings is 1. The highest BCUT2D eigenvalue weighted by atomic mass is 32.2. The van der Waals surface area contributed by atoms with E-state index in [0.29, 0.717) is 23.1 Å². The normalized spacial score (nSPS) is 15.4. The number of rotatable bonds is 11. The molecule has 1 aliphatic heterocycles. The summed E-state index contributed by atoms with van der Waals surface area (Å²) in [7, 11) is 0. The van der Waals surface area contributed by atoms with Crippen LogP contribution in [-0.4, -0.2) is 45.3 Å². The highest BCUT2D eigenvalue weighted by Crippen LogP contribution is 2.36. The van der Waals surface area contributed by atoms with Gasteiger partial charge in [0.05, 0.1) is 29.5 Å². The number of aryl methyl sites for hydroxylation is 1. The van der Waals surface area contributed by atoms with Crippen molar-refractivity contribution in [1.82, 2.24) is 14.5 Å². The second kappa shape index (κ2) is 12.6. The summed E-state index contributed by atoms with van der Waals surface area (Å²) in [6.45, 7) is 12.7. The molecule has 0 unspecified atom stereocenters. The van der Waals surface area contributed by atoms with Crippen LogP contribution in [-0.2, 0) is 22.6 Å². The molecule has 4 rings (SSSR count). The minimum atomic E-state index is -0.0544. The Morgan fingerprint density at radius 3 is 2.62 bits per heavy atom. The number of thiophene rings is 1. The van der Waals surface area contributed by atoms with Crippen LogP contribution in [0.5, 0.6) is 0 Å². The Bertz CT molecular complexity index is 1290. The van der Waals surface area contributed by atoms with E-state index in [2.05, 4.69) is 27.7 Å². The molecule has 3 aromatic rings. The van der Waals surface area contributed by atoms with E-state index in [4.69, 9.17) is 9.72 Å². The van der Waals surface area contributed by atoms with Crippen molar-refractivity contribution in [2.24, 2.45) is 5.92 Å². The summed E-state index contributed by atoms with van der Waals surface area (Å²) in [5.74, 6) is 0.746. The number of hydrogen-bond donors (Lipinski definition) is 0. The Hall–Kier alpha value is -2.16. The van der Waals surface area contributed by atoms with E-state index in [1.807, 2.05) is 36.1 Å². The Morgan fingerprint density at radius 2 is 1.97 bits per heavy atom. The number of fused-ring (bicyclic) bond motifs is 3. The van der Waals surface area contributed by atoms with Gasteiger partial charge in [-0.1, -0.05) is 64.4 Å². The summed E-state index contributed by atoms with van der Waals surface area (Å²) in [6.07, 6.45) is 4.93. The average molecular weight is 542 g/mol. The largest absolute Gasteiger partial charge is 0.372 e. The van der Waals surface area contributed by atoms with E-state index in [1.165, 1.54) is 11.8 Å². The molecular weight excluding hydrogens is 502 g/mol. The first-order chi connectivity index (χ1) is 17.8. The van der Waals surface area contributed by atoms with Crippen molar-refractivity contribution in [3.63, 3.8) is 0 Å². The van der Waals surface area contributed by atoms with Crippen molar-refractivity contribution in [3.05, 3.63) is 50.6 Å². The highest BCUT2D eigenvalue weighted by Gasteiger charge is 2.29. The quantitative estimate of drug-likeness (QED) is 0.208. The van der Waals surface area contributed by atoms with Crippen LogP contribution in [0.4, 0.5) is 0 Å². The summed E-state index contributed by atoms with van der Waals surface area (Å²) in [6, 6.07) is 7.94. The molecule has 1 atom stereocenters. The van der Waals surface area contributed by atoms with Gasteiger partial charge in [-0.2, -0.15) is 0 Å². The van der Waals surface area contributed by atoms with Crippen molar-refractivity contribution >= 4 is 39.2 Å². The summed E-state index contributed by atoms with van der Waals surface area (Å²) in [4.78, 5) is 36.1. The number of ether oxygens (including phenoxy) is 1. The summed E-state index contributed by atoms with van der Waals surface area (Å²) < 4.78 is 7.80. The number of amides is 1. The summed E-state index contributed by atoms with van der Waals surface area (Å²) in [5, 5.41) is 1.28. The molecule has 200 valence electrons. The van der Waals surface area contributed by atoms with E-state index in [1.54, 1.807) is 15.9 Å². The van der Waals surface area contributed by atoms with Crippen LogP contribution in [0.15, 0.2) is 34.2 Å². The van der Waals surface area contributed by atoms with Gasteiger partial charge in [0.1, 0.15) is 4.83 Å².